The third-order valence-electron chi connectivity index (χ3n) is 2.89. The zero-order valence-corrected chi connectivity index (χ0v) is 14.1. The molecular formula is C14H29O5P. The van der Waals surface area contributed by atoms with E-state index >= 15 is 0 Å². The van der Waals surface area contributed by atoms with Crippen molar-refractivity contribution in [3.8, 4) is 0 Å². The van der Waals surface area contributed by atoms with Crippen molar-refractivity contribution >= 4 is 13.6 Å². The van der Waals surface area contributed by atoms with Crippen LogP contribution in [0, 0.1) is 0 Å². The fourth-order valence-electron chi connectivity index (χ4n) is 1.99. The Morgan fingerprint density at radius 2 is 1.55 bits per heavy atom. The molecule has 0 heterocycles. The van der Waals surface area contributed by atoms with Gasteiger partial charge < -0.3 is 13.8 Å². The van der Waals surface area contributed by atoms with Crippen LogP contribution in [-0.2, 0) is 23.1 Å². The van der Waals surface area contributed by atoms with Crippen molar-refractivity contribution in [1.82, 2.24) is 0 Å². The molecule has 0 fully saturated rings. The second-order valence-electron chi connectivity index (χ2n) is 4.49. The lowest BCUT2D eigenvalue weighted by molar-refractivity contribution is -0.143. The Labute approximate surface area is 122 Å². The van der Waals surface area contributed by atoms with Crippen LogP contribution in [0.15, 0.2) is 0 Å². The fourth-order valence-corrected chi connectivity index (χ4v) is 3.97. The van der Waals surface area contributed by atoms with E-state index in [0.29, 0.717) is 6.42 Å². The third-order valence-corrected chi connectivity index (χ3v) is 5.36. The number of ether oxygens (including phenoxy) is 1. The van der Waals surface area contributed by atoms with Crippen LogP contribution in [0.4, 0.5) is 0 Å². The summed E-state index contributed by atoms with van der Waals surface area (Å²) >= 11 is 0. The number of carbonyl (C=O) groups excluding carboxylic acids is 1. The number of esters is 1. The number of hydrogen-bond donors (Lipinski definition) is 0. The minimum atomic E-state index is -3.44. The van der Waals surface area contributed by atoms with Gasteiger partial charge in [-0.05, 0) is 27.2 Å². The first-order chi connectivity index (χ1) is 9.55. The highest BCUT2D eigenvalue weighted by molar-refractivity contribution is 7.55. The van der Waals surface area contributed by atoms with Crippen LogP contribution in [0.5, 0.6) is 0 Å². The van der Waals surface area contributed by atoms with Crippen molar-refractivity contribution in [1.29, 1.82) is 0 Å². The number of carbonyl (C=O) groups is 1. The van der Waals surface area contributed by atoms with E-state index in [1.807, 2.05) is 0 Å². The summed E-state index contributed by atoms with van der Waals surface area (Å²) in [5, 5.41) is 0. The summed E-state index contributed by atoms with van der Waals surface area (Å²) in [7, 11) is -3.44. The minimum Gasteiger partial charge on any atom is -0.465 e. The van der Waals surface area contributed by atoms with Gasteiger partial charge in [0.25, 0.3) is 0 Å². The first kappa shape index (κ1) is 19.6. The van der Waals surface area contributed by atoms with Gasteiger partial charge in [-0.25, -0.2) is 0 Å². The summed E-state index contributed by atoms with van der Waals surface area (Å²) in [4.78, 5) is 12.0. The molecule has 0 rings (SSSR count). The molecule has 6 heteroatoms. The van der Waals surface area contributed by atoms with Crippen LogP contribution in [0.3, 0.4) is 0 Å². The number of unbranched alkanes of at least 4 members (excludes halogenated alkanes) is 3. The van der Waals surface area contributed by atoms with Gasteiger partial charge in [0.1, 0.15) is 0 Å². The van der Waals surface area contributed by atoms with Crippen LogP contribution >= 0.6 is 7.60 Å². The van der Waals surface area contributed by atoms with Crippen molar-refractivity contribution in [2.75, 3.05) is 19.8 Å². The standard InChI is InChI=1S/C14H29O5P/c1-5-9-10-11-12-13(14(15)17-6-2)20(16,18-7-3)19-8-4/h13H,5-12H2,1-4H3. The highest BCUT2D eigenvalue weighted by atomic mass is 31.2. The topological polar surface area (TPSA) is 61.8 Å². The predicted octanol–water partition coefficient (Wildman–Crippen LogP) is 4.15. The molecule has 0 aromatic heterocycles. The molecule has 0 aliphatic heterocycles. The molecule has 0 aliphatic carbocycles. The predicted molar refractivity (Wildman–Crippen MR) is 80.0 cm³/mol. The van der Waals surface area contributed by atoms with Crippen LogP contribution < -0.4 is 0 Å². The highest BCUT2D eigenvalue weighted by Gasteiger charge is 2.41. The van der Waals surface area contributed by atoms with E-state index in [0.717, 1.165) is 25.7 Å². The highest BCUT2D eigenvalue weighted by Crippen LogP contribution is 2.55. The lowest BCUT2D eigenvalue weighted by Crippen LogP contribution is -2.26. The Kier molecular flexibility index (Phi) is 11.1. The third kappa shape index (κ3) is 6.87. The van der Waals surface area contributed by atoms with Crippen LogP contribution in [0.2, 0.25) is 0 Å². The van der Waals surface area contributed by atoms with E-state index in [4.69, 9.17) is 13.8 Å². The molecule has 0 spiro atoms. The summed E-state index contributed by atoms with van der Waals surface area (Å²) in [6, 6.07) is 0. The largest absolute Gasteiger partial charge is 0.465 e. The van der Waals surface area contributed by atoms with Gasteiger partial charge in [-0.3, -0.25) is 9.36 Å². The quantitative estimate of drug-likeness (QED) is 0.308. The minimum absolute atomic E-state index is 0.252. The van der Waals surface area contributed by atoms with Crippen molar-refractivity contribution in [3.05, 3.63) is 0 Å². The monoisotopic (exact) mass is 308 g/mol. The second kappa shape index (κ2) is 11.3. The summed E-state index contributed by atoms with van der Waals surface area (Å²) < 4.78 is 28.4. The molecule has 0 N–H and O–H groups in total. The van der Waals surface area contributed by atoms with Gasteiger partial charge in [0.05, 0.1) is 19.8 Å². The van der Waals surface area contributed by atoms with Crippen molar-refractivity contribution in [3.63, 3.8) is 0 Å². The molecule has 120 valence electrons. The molecule has 0 amide bonds. The first-order valence-electron chi connectivity index (χ1n) is 7.61. The average Bonchev–Trinajstić information content (AvgIpc) is 2.39. The van der Waals surface area contributed by atoms with Gasteiger partial charge in [-0.15, -0.1) is 0 Å². The van der Waals surface area contributed by atoms with Gasteiger partial charge in [-0.2, -0.15) is 0 Å². The molecule has 5 nitrogen and oxygen atoms in total. The molecule has 0 radical (unpaired) electrons. The van der Waals surface area contributed by atoms with Crippen LogP contribution in [0.1, 0.15) is 59.8 Å². The summed E-state index contributed by atoms with van der Waals surface area (Å²) in [6.45, 7) is 8.11. The van der Waals surface area contributed by atoms with Crippen molar-refractivity contribution < 1.29 is 23.1 Å². The molecule has 0 aromatic rings. The normalized spacial score (nSPS) is 13.2. The second-order valence-corrected chi connectivity index (χ2v) is 6.71. The Morgan fingerprint density at radius 1 is 0.950 bits per heavy atom. The maximum atomic E-state index is 12.7. The van der Waals surface area contributed by atoms with E-state index in [2.05, 4.69) is 6.92 Å². The maximum Gasteiger partial charge on any atom is 0.344 e. The summed E-state index contributed by atoms with van der Waals surface area (Å²) in [6.07, 6.45) is 4.52. The van der Waals surface area contributed by atoms with Crippen molar-refractivity contribution in [2.45, 2.75) is 65.5 Å². The molecule has 1 unspecified atom stereocenters. The van der Waals surface area contributed by atoms with Gasteiger partial charge in [-0.1, -0.05) is 32.6 Å². The lowest BCUT2D eigenvalue weighted by Gasteiger charge is -2.24. The smallest absolute Gasteiger partial charge is 0.344 e. The Hall–Kier alpha value is -0.380. The SMILES string of the molecule is CCCCCCC(C(=O)OCC)P(=O)(OCC)OCC. The van der Waals surface area contributed by atoms with Gasteiger partial charge in [0.2, 0.25) is 0 Å². The number of hydrogen-bond acceptors (Lipinski definition) is 5. The molecule has 1 atom stereocenters. The zero-order valence-electron chi connectivity index (χ0n) is 13.2. The molecule has 0 saturated heterocycles. The summed E-state index contributed by atoms with van der Waals surface area (Å²) in [5.74, 6) is -0.478. The molecule has 0 aromatic carbocycles. The molecular weight excluding hydrogens is 279 g/mol. The first-order valence-corrected chi connectivity index (χ1v) is 9.22. The Balaban J connectivity index is 4.85. The maximum absolute atomic E-state index is 12.7. The van der Waals surface area contributed by atoms with E-state index in [1.54, 1.807) is 20.8 Å². The molecule has 0 bridgehead atoms. The molecule has 0 saturated carbocycles. The van der Waals surface area contributed by atoms with Crippen LogP contribution in [-0.4, -0.2) is 31.4 Å². The van der Waals surface area contributed by atoms with E-state index < -0.39 is 19.2 Å². The average molecular weight is 308 g/mol. The van der Waals surface area contributed by atoms with Gasteiger partial charge in [0, 0.05) is 0 Å². The Bertz CT molecular complexity index is 296. The fraction of sp³-hybridized carbons (Fsp3) is 0.929. The Morgan fingerprint density at radius 3 is 2.00 bits per heavy atom. The van der Waals surface area contributed by atoms with Crippen LogP contribution in [0.25, 0.3) is 0 Å². The zero-order chi connectivity index (χ0) is 15.4. The lowest BCUT2D eigenvalue weighted by atomic mass is 10.1. The van der Waals surface area contributed by atoms with E-state index in [-0.39, 0.29) is 19.8 Å². The van der Waals surface area contributed by atoms with Gasteiger partial charge >= 0.3 is 13.6 Å². The van der Waals surface area contributed by atoms with E-state index in [9.17, 15) is 9.36 Å². The van der Waals surface area contributed by atoms with Crippen molar-refractivity contribution in [2.24, 2.45) is 0 Å². The number of rotatable bonds is 12. The van der Waals surface area contributed by atoms with Gasteiger partial charge in [0.15, 0.2) is 5.66 Å². The van der Waals surface area contributed by atoms with E-state index in [1.165, 1.54) is 0 Å². The molecule has 0 aliphatic rings. The summed E-state index contributed by atoms with van der Waals surface area (Å²) in [5.41, 5.74) is -0.806. The molecule has 20 heavy (non-hydrogen) atoms.